The first-order chi connectivity index (χ1) is 9.49. The molecule has 1 aromatic heterocycles. The van der Waals surface area contributed by atoms with Crippen LogP contribution in [-0.2, 0) is 0 Å². The molecule has 0 N–H and O–H groups in total. The number of halogens is 3. The lowest BCUT2D eigenvalue weighted by molar-refractivity contribution is 0.222. The van der Waals surface area contributed by atoms with Gasteiger partial charge in [0.1, 0.15) is 11.6 Å². The van der Waals surface area contributed by atoms with Crippen molar-refractivity contribution in [3.8, 4) is 0 Å². The van der Waals surface area contributed by atoms with Crippen molar-refractivity contribution < 1.29 is 4.39 Å². The number of benzene rings is 1. The molecule has 1 fully saturated rings. The maximum atomic E-state index is 13.8. The molecule has 0 saturated heterocycles. The van der Waals surface area contributed by atoms with Crippen LogP contribution in [0, 0.1) is 11.7 Å². The summed E-state index contributed by atoms with van der Waals surface area (Å²) in [4.78, 5) is 4.56. The SMILES string of the molecule is CC(Cl)c1nc2cc(Cl)c(F)cc2n1C(C)C1CCC1. The molecular weight excluding hydrogens is 298 g/mol. The number of rotatable bonds is 3. The highest BCUT2D eigenvalue weighted by atomic mass is 35.5. The Morgan fingerprint density at radius 1 is 1.35 bits per heavy atom. The molecule has 2 nitrogen and oxygen atoms in total. The number of hydrogen-bond acceptors (Lipinski definition) is 1. The third kappa shape index (κ3) is 2.21. The van der Waals surface area contributed by atoms with Gasteiger partial charge in [0.2, 0.25) is 0 Å². The first kappa shape index (κ1) is 14.2. The number of fused-ring (bicyclic) bond motifs is 1. The molecule has 3 rings (SSSR count). The van der Waals surface area contributed by atoms with Crippen LogP contribution in [0.4, 0.5) is 4.39 Å². The molecule has 1 heterocycles. The molecule has 0 radical (unpaired) electrons. The molecule has 2 unspecified atom stereocenters. The molecule has 1 saturated carbocycles. The van der Waals surface area contributed by atoms with E-state index in [0.717, 1.165) is 11.3 Å². The van der Waals surface area contributed by atoms with Crippen molar-refractivity contribution in [2.24, 2.45) is 5.92 Å². The van der Waals surface area contributed by atoms with Gasteiger partial charge in [-0.05, 0) is 38.7 Å². The number of hydrogen-bond donors (Lipinski definition) is 0. The fourth-order valence-electron chi connectivity index (χ4n) is 2.95. The van der Waals surface area contributed by atoms with E-state index in [9.17, 15) is 4.39 Å². The third-order valence-corrected chi connectivity index (χ3v) is 4.84. The van der Waals surface area contributed by atoms with E-state index in [-0.39, 0.29) is 16.4 Å². The quantitative estimate of drug-likeness (QED) is 0.685. The lowest BCUT2D eigenvalue weighted by Gasteiger charge is -2.33. The summed E-state index contributed by atoms with van der Waals surface area (Å²) in [5, 5.41) is -0.112. The third-order valence-electron chi connectivity index (χ3n) is 4.35. The lowest BCUT2D eigenvalue weighted by Crippen LogP contribution is -2.24. The summed E-state index contributed by atoms with van der Waals surface area (Å²) < 4.78 is 15.9. The zero-order valence-corrected chi connectivity index (χ0v) is 13.0. The van der Waals surface area contributed by atoms with Gasteiger partial charge < -0.3 is 4.57 Å². The van der Waals surface area contributed by atoms with Crippen molar-refractivity contribution in [3.63, 3.8) is 0 Å². The molecule has 0 amide bonds. The van der Waals surface area contributed by atoms with E-state index in [2.05, 4.69) is 16.5 Å². The van der Waals surface area contributed by atoms with Crippen LogP contribution in [0.3, 0.4) is 0 Å². The Hall–Kier alpha value is -0.800. The minimum absolute atomic E-state index is 0.104. The van der Waals surface area contributed by atoms with Crippen LogP contribution < -0.4 is 0 Å². The van der Waals surface area contributed by atoms with Crippen LogP contribution in [0.1, 0.15) is 50.4 Å². The smallest absolute Gasteiger partial charge is 0.144 e. The van der Waals surface area contributed by atoms with Crippen LogP contribution in [0.2, 0.25) is 5.02 Å². The molecule has 108 valence electrons. The second-order valence-electron chi connectivity index (χ2n) is 5.64. The Kier molecular flexibility index (Phi) is 3.67. The van der Waals surface area contributed by atoms with E-state index in [4.69, 9.17) is 23.2 Å². The highest BCUT2D eigenvalue weighted by Gasteiger charge is 2.29. The van der Waals surface area contributed by atoms with Crippen molar-refractivity contribution in [3.05, 3.63) is 28.8 Å². The van der Waals surface area contributed by atoms with Gasteiger partial charge >= 0.3 is 0 Å². The highest BCUT2D eigenvalue weighted by Crippen LogP contribution is 2.40. The molecule has 1 aliphatic carbocycles. The first-order valence-electron chi connectivity index (χ1n) is 7.00. The molecule has 2 aromatic rings. The summed E-state index contributed by atoms with van der Waals surface area (Å²) in [6.45, 7) is 4.06. The average Bonchev–Trinajstić information content (AvgIpc) is 2.66. The normalized spacial score (nSPS) is 19.1. The van der Waals surface area contributed by atoms with E-state index in [1.165, 1.54) is 25.3 Å². The standard InChI is InChI=1S/C15H17Cl2FN2/c1-8(16)15-19-13-6-11(17)12(18)7-14(13)20(15)9(2)10-4-3-5-10/h6-10H,3-5H2,1-2H3. The molecule has 1 aromatic carbocycles. The number of imidazole rings is 1. The Morgan fingerprint density at radius 3 is 2.60 bits per heavy atom. The van der Waals surface area contributed by atoms with E-state index in [0.29, 0.717) is 11.4 Å². The molecule has 2 atom stereocenters. The number of nitrogens with zero attached hydrogens (tertiary/aromatic N) is 2. The van der Waals surface area contributed by atoms with Crippen molar-refractivity contribution >= 4 is 34.2 Å². The molecular formula is C15H17Cl2FN2. The number of aromatic nitrogens is 2. The first-order valence-corrected chi connectivity index (χ1v) is 7.81. The van der Waals surface area contributed by atoms with Crippen LogP contribution in [0.25, 0.3) is 11.0 Å². The minimum Gasteiger partial charge on any atom is -0.324 e. The zero-order chi connectivity index (χ0) is 14.4. The van der Waals surface area contributed by atoms with Crippen LogP contribution in [-0.4, -0.2) is 9.55 Å². The summed E-state index contributed by atoms with van der Waals surface area (Å²) in [7, 11) is 0. The molecule has 5 heteroatoms. The van der Waals surface area contributed by atoms with Crippen LogP contribution in [0.5, 0.6) is 0 Å². The van der Waals surface area contributed by atoms with E-state index >= 15 is 0 Å². The molecule has 20 heavy (non-hydrogen) atoms. The predicted octanol–water partition coefficient (Wildman–Crippen LogP) is 5.49. The molecule has 0 spiro atoms. The minimum atomic E-state index is -0.407. The Bertz CT molecular complexity index is 647. The van der Waals surface area contributed by atoms with Crippen molar-refractivity contribution in [1.29, 1.82) is 0 Å². The Balaban J connectivity index is 2.20. The second kappa shape index (κ2) is 5.19. The van der Waals surface area contributed by atoms with Gasteiger partial charge in [-0.15, -0.1) is 11.6 Å². The van der Waals surface area contributed by atoms with Gasteiger partial charge in [0.05, 0.1) is 21.4 Å². The topological polar surface area (TPSA) is 17.8 Å². The zero-order valence-electron chi connectivity index (χ0n) is 11.5. The molecule has 1 aliphatic rings. The van der Waals surface area contributed by atoms with Crippen LogP contribution >= 0.6 is 23.2 Å². The fourth-order valence-corrected chi connectivity index (χ4v) is 3.26. The van der Waals surface area contributed by atoms with Crippen molar-refractivity contribution in [1.82, 2.24) is 9.55 Å². The summed E-state index contributed by atoms with van der Waals surface area (Å²) in [5.74, 6) is 1.01. The van der Waals surface area contributed by atoms with Crippen molar-refractivity contribution in [2.75, 3.05) is 0 Å². The summed E-state index contributed by atoms with van der Waals surface area (Å²) in [6.07, 6.45) is 3.70. The highest BCUT2D eigenvalue weighted by molar-refractivity contribution is 6.31. The van der Waals surface area contributed by atoms with Gasteiger partial charge in [0.25, 0.3) is 0 Å². The Morgan fingerprint density at radius 2 is 2.05 bits per heavy atom. The van der Waals surface area contributed by atoms with E-state index in [1.54, 1.807) is 6.07 Å². The molecule has 0 bridgehead atoms. The monoisotopic (exact) mass is 314 g/mol. The van der Waals surface area contributed by atoms with E-state index < -0.39 is 5.82 Å². The summed E-state index contributed by atoms with van der Waals surface area (Å²) in [5.41, 5.74) is 1.50. The van der Waals surface area contributed by atoms with Gasteiger partial charge in [-0.25, -0.2) is 9.37 Å². The predicted molar refractivity (Wildman–Crippen MR) is 81.0 cm³/mol. The fraction of sp³-hybridized carbons (Fsp3) is 0.533. The largest absolute Gasteiger partial charge is 0.324 e. The van der Waals surface area contributed by atoms with Crippen LogP contribution in [0.15, 0.2) is 12.1 Å². The maximum Gasteiger partial charge on any atom is 0.144 e. The molecule has 0 aliphatic heterocycles. The summed E-state index contributed by atoms with van der Waals surface area (Å²) >= 11 is 12.1. The maximum absolute atomic E-state index is 13.8. The number of alkyl halides is 1. The second-order valence-corrected chi connectivity index (χ2v) is 6.70. The van der Waals surface area contributed by atoms with Gasteiger partial charge in [0.15, 0.2) is 0 Å². The lowest BCUT2D eigenvalue weighted by atomic mass is 9.80. The van der Waals surface area contributed by atoms with E-state index in [1.807, 2.05) is 6.92 Å². The van der Waals surface area contributed by atoms with Crippen molar-refractivity contribution in [2.45, 2.75) is 44.5 Å². The Labute approximate surface area is 127 Å². The average molecular weight is 315 g/mol. The van der Waals surface area contributed by atoms with Gasteiger partial charge in [-0.1, -0.05) is 18.0 Å². The summed E-state index contributed by atoms with van der Waals surface area (Å²) in [6, 6.07) is 3.34. The van der Waals surface area contributed by atoms with Gasteiger partial charge in [-0.3, -0.25) is 0 Å². The van der Waals surface area contributed by atoms with Gasteiger partial charge in [0, 0.05) is 12.1 Å². The van der Waals surface area contributed by atoms with Gasteiger partial charge in [-0.2, -0.15) is 0 Å².